The van der Waals surface area contributed by atoms with Crippen LogP contribution in [0.15, 0.2) is 48.8 Å². The minimum absolute atomic E-state index is 0.145. The van der Waals surface area contributed by atoms with Crippen molar-refractivity contribution in [2.45, 2.75) is 19.8 Å². The average Bonchev–Trinajstić information content (AvgIpc) is 3.38. The van der Waals surface area contributed by atoms with Crippen LogP contribution < -0.4 is 4.74 Å². The molecule has 4 rings (SSSR count). The molecule has 1 aromatic carbocycles. The first kappa shape index (κ1) is 18.9. The molecule has 0 saturated carbocycles. The molecule has 0 spiro atoms. The molecule has 3 heterocycles. The number of hydrogen-bond donors (Lipinski definition) is 1. The summed E-state index contributed by atoms with van der Waals surface area (Å²) in [4.78, 5) is 28.4. The van der Waals surface area contributed by atoms with Gasteiger partial charge in [0, 0.05) is 43.5 Å². The number of hydrazine groups is 1. The van der Waals surface area contributed by atoms with Gasteiger partial charge in [-0.1, -0.05) is 0 Å². The monoisotopic (exact) mass is 394 g/mol. The maximum atomic E-state index is 12.9. The van der Waals surface area contributed by atoms with Crippen molar-refractivity contribution in [3.05, 3.63) is 54.5 Å². The summed E-state index contributed by atoms with van der Waals surface area (Å²) >= 11 is 0. The summed E-state index contributed by atoms with van der Waals surface area (Å²) in [6.07, 6.45) is 4.19. The SMILES string of the molecule is CCN(C(=O)c1cc(Oc2ccc3c(ccn3C(=O)O)c2)ccn1)N1CCCC1. The van der Waals surface area contributed by atoms with Gasteiger partial charge in [0.25, 0.3) is 5.91 Å². The number of pyridine rings is 1. The third kappa shape index (κ3) is 3.79. The minimum atomic E-state index is -1.04. The highest BCUT2D eigenvalue weighted by Crippen LogP contribution is 2.27. The smallest absolute Gasteiger partial charge is 0.415 e. The number of ether oxygens (including phenoxy) is 1. The van der Waals surface area contributed by atoms with Crippen LogP contribution in [-0.4, -0.2) is 56.3 Å². The molecule has 0 atom stereocenters. The highest BCUT2D eigenvalue weighted by molar-refractivity contribution is 5.92. The summed E-state index contributed by atoms with van der Waals surface area (Å²) in [5.74, 6) is 0.906. The van der Waals surface area contributed by atoms with Crippen molar-refractivity contribution < 1.29 is 19.4 Å². The van der Waals surface area contributed by atoms with Crippen molar-refractivity contribution in [2.75, 3.05) is 19.6 Å². The predicted octanol–water partition coefficient (Wildman–Crippen LogP) is 3.83. The molecule has 0 radical (unpaired) electrons. The number of fused-ring (bicyclic) bond motifs is 1. The van der Waals surface area contributed by atoms with Crippen molar-refractivity contribution in [3.63, 3.8) is 0 Å². The molecular formula is C21H22N4O4. The third-order valence-electron chi connectivity index (χ3n) is 5.01. The van der Waals surface area contributed by atoms with Crippen LogP contribution in [0.2, 0.25) is 0 Å². The Morgan fingerprint density at radius 1 is 1.14 bits per heavy atom. The highest BCUT2D eigenvalue weighted by Gasteiger charge is 2.25. The van der Waals surface area contributed by atoms with Gasteiger partial charge in [-0.15, -0.1) is 0 Å². The van der Waals surface area contributed by atoms with E-state index in [0.717, 1.165) is 35.9 Å². The van der Waals surface area contributed by atoms with Gasteiger partial charge in [0.05, 0.1) is 5.52 Å². The Bertz CT molecular complexity index is 1060. The van der Waals surface area contributed by atoms with Gasteiger partial charge in [-0.2, -0.15) is 0 Å². The van der Waals surface area contributed by atoms with Crippen LogP contribution in [0.3, 0.4) is 0 Å². The Kier molecular flexibility index (Phi) is 5.18. The molecule has 1 aliphatic rings. The van der Waals surface area contributed by atoms with E-state index in [0.29, 0.717) is 29.3 Å². The Hall–Kier alpha value is -3.39. The number of carboxylic acid groups (broad SMARTS) is 1. The molecule has 1 N–H and O–H groups in total. The van der Waals surface area contributed by atoms with Gasteiger partial charge in [-0.05, 0) is 50.1 Å². The number of rotatable bonds is 5. The lowest BCUT2D eigenvalue weighted by Crippen LogP contribution is -2.45. The molecule has 0 unspecified atom stereocenters. The number of carbonyl (C=O) groups is 2. The topological polar surface area (TPSA) is 87.9 Å². The molecule has 1 saturated heterocycles. The molecule has 8 heteroatoms. The van der Waals surface area contributed by atoms with E-state index in [2.05, 4.69) is 9.99 Å². The maximum Gasteiger partial charge on any atom is 0.415 e. The summed E-state index contributed by atoms with van der Waals surface area (Å²) < 4.78 is 7.06. The molecule has 8 nitrogen and oxygen atoms in total. The zero-order valence-corrected chi connectivity index (χ0v) is 16.1. The minimum Gasteiger partial charge on any atom is -0.464 e. The number of aromatic nitrogens is 2. The van der Waals surface area contributed by atoms with E-state index in [1.54, 1.807) is 47.6 Å². The summed E-state index contributed by atoms with van der Waals surface area (Å²) in [6.45, 7) is 4.30. The Balaban J connectivity index is 1.55. The third-order valence-corrected chi connectivity index (χ3v) is 5.01. The first-order valence-electron chi connectivity index (χ1n) is 9.62. The molecule has 0 bridgehead atoms. The summed E-state index contributed by atoms with van der Waals surface area (Å²) in [6, 6.07) is 10.2. The Morgan fingerprint density at radius 3 is 2.62 bits per heavy atom. The Morgan fingerprint density at radius 2 is 1.90 bits per heavy atom. The standard InChI is InChI=1S/C21H22N4O4/c1-2-25(23-10-3-4-11-23)20(26)18-14-17(7-9-22-18)29-16-5-6-19-15(13-16)8-12-24(19)21(27)28/h5-9,12-14H,2-4,10-11H2,1H3,(H,27,28). The predicted molar refractivity (Wildman–Crippen MR) is 107 cm³/mol. The molecule has 2 aromatic heterocycles. The number of carbonyl (C=O) groups excluding carboxylic acids is 1. The van der Waals surface area contributed by atoms with Crippen molar-refractivity contribution in [2.24, 2.45) is 0 Å². The molecule has 150 valence electrons. The zero-order chi connectivity index (χ0) is 20.4. The quantitative estimate of drug-likeness (QED) is 0.708. The van der Waals surface area contributed by atoms with E-state index < -0.39 is 6.09 Å². The fourth-order valence-corrected chi connectivity index (χ4v) is 3.62. The first-order valence-corrected chi connectivity index (χ1v) is 9.62. The fraction of sp³-hybridized carbons (Fsp3) is 0.286. The number of nitrogens with zero attached hydrogens (tertiary/aromatic N) is 4. The zero-order valence-electron chi connectivity index (χ0n) is 16.1. The van der Waals surface area contributed by atoms with E-state index in [1.165, 1.54) is 6.20 Å². The van der Waals surface area contributed by atoms with E-state index in [1.807, 2.05) is 6.92 Å². The second kappa shape index (κ2) is 7.92. The Labute approximate surface area is 167 Å². The average molecular weight is 394 g/mol. The largest absolute Gasteiger partial charge is 0.464 e. The number of benzene rings is 1. The molecule has 3 aromatic rings. The van der Waals surface area contributed by atoms with Gasteiger partial charge in [0.2, 0.25) is 0 Å². The van der Waals surface area contributed by atoms with Crippen molar-refractivity contribution in [3.8, 4) is 11.5 Å². The fourth-order valence-electron chi connectivity index (χ4n) is 3.62. The van der Waals surface area contributed by atoms with Gasteiger partial charge in [0.1, 0.15) is 17.2 Å². The van der Waals surface area contributed by atoms with Crippen LogP contribution in [-0.2, 0) is 0 Å². The summed E-state index contributed by atoms with van der Waals surface area (Å²) in [5.41, 5.74) is 0.911. The van der Waals surface area contributed by atoms with Crippen molar-refractivity contribution in [1.29, 1.82) is 0 Å². The lowest BCUT2D eigenvalue weighted by molar-refractivity contribution is 0.00679. The van der Waals surface area contributed by atoms with Gasteiger partial charge < -0.3 is 9.84 Å². The number of amides is 1. The van der Waals surface area contributed by atoms with Gasteiger partial charge in [0.15, 0.2) is 0 Å². The van der Waals surface area contributed by atoms with E-state index >= 15 is 0 Å². The van der Waals surface area contributed by atoms with Crippen LogP contribution in [0.5, 0.6) is 11.5 Å². The number of hydrogen-bond acceptors (Lipinski definition) is 5. The second-order valence-corrected chi connectivity index (χ2v) is 6.85. The molecule has 0 aliphatic carbocycles. The van der Waals surface area contributed by atoms with Gasteiger partial charge in [-0.25, -0.2) is 9.80 Å². The second-order valence-electron chi connectivity index (χ2n) is 6.85. The van der Waals surface area contributed by atoms with Crippen LogP contribution in [0.4, 0.5) is 4.79 Å². The van der Waals surface area contributed by atoms with Crippen molar-refractivity contribution >= 4 is 22.9 Å². The highest BCUT2D eigenvalue weighted by atomic mass is 16.5. The van der Waals surface area contributed by atoms with Gasteiger partial charge in [-0.3, -0.25) is 19.4 Å². The van der Waals surface area contributed by atoms with E-state index in [-0.39, 0.29) is 5.91 Å². The van der Waals surface area contributed by atoms with Gasteiger partial charge >= 0.3 is 6.09 Å². The van der Waals surface area contributed by atoms with Crippen LogP contribution in [0.1, 0.15) is 30.3 Å². The summed E-state index contributed by atoms with van der Waals surface area (Å²) in [5, 5.41) is 13.7. The maximum absolute atomic E-state index is 12.9. The van der Waals surface area contributed by atoms with Crippen LogP contribution >= 0.6 is 0 Å². The lowest BCUT2D eigenvalue weighted by atomic mass is 10.2. The normalized spacial score (nSPS) is 14.2. The summed E-state index contributed by atoms with van der Waals surface area (Å²) in [7, 11) is 0. The molecule has 1 fully saturated rings. The molecule has 29 heavy (non-hydrogen) atoms. The van der Waals surface area contributed by atoms with E-state index in [9.17, 15) is 14.7 Å². The molecule has 1 amide bonds. The van der Waals surface area contributed by atoms with E-state index in [4.69, 9.17) is 4.74 Å². The van der Waals surface area contributed by atoms with Crippen LogP contribution in [0, 0.1) is 0 Å². The first-order chi connectivity index (χ1) is 14.1. The van der Waals surface area contributed by atoms with Crippen LogP contribution in [0.25, 0.3) is 10.9 Å². The molecule has 1 aliphatic heterocycles. The van der Waals surface area contributed by atoms with Crippen molar-refractivity contribution in [1.82, 2.24) is 19.6 Å². The molecular weight excluding hydrogens is 372 g/mol. The lowest BCUT2D eigenvalue weighted by Gasteiger charge is -2.30.